The highest BCUT2D eigenvalue weighted by Gasteiger charge is 2.17. The van der Waals surface area contributed by atoms with Gasteiger partial charge in [0.25, 0.3) is 5.91 Å². The highest BCUT2D eigenvalue weighted by Crippen LogP contribution is 2.18. The lowest BCUT2D eigenvalue weighted by molar-refractivity contribution is 0.0853. The van der Waals surface area contributed by atoms with Crippen LogP contribution in [-0.2, 0) is 4.74 Å². The second kappa shape index (κ2) is 7.19. The molecule has 2 aromatic rings. The van der Waals surface area contributed by atoms with Crippen molar-refractivity contribution in [2.75, 3.05) is 18.5 Å². The normalized spacial score (nSPS) is 17.0. The topological polar surface area (TPSA) is 76.1 Å². The van der Waals surface area contributed by atoms with Crippen molar-refractivity contribution in [1.29, 1.82) is 0 Å². The van der Waals surface area contributed by atoms with E-state index in [1.165, 1.54) is 0 Å². The number of anilines is 2. The van der Waals surface area contributed by atoms with Gasteiger partial charge in [0.05, 0.1) is 6.10 Å². The van der Waals surface area contributed by atoms with Gasteiger partial charge in [0.15, 0.2) is 11.5 Å². The summed E-state index contributed by atoms with van der Waals surface area (Å²) in [4.78, 5) is 12.0. The van der Waals surface area contributed by atoms with Crippen molar-refractivity contribution in [2.45, 2.75) is 25.9 Å². The third kappa shape index (κ3) is 4.04. The number of aromatic nitrogens is 2. The highest BCUT2D eigenvalue weighted by molar-refractivity contribution is 5.92. The number of aryl methyl sites for hydroxylation is 1. The fourth-order valence-electron chi connectivity index (χ4n) is 2.47. The molecule has 0 bridgehead atoms. The van der Waals surface area contributed by atoms with Crippen molar-refractivity contribution in [2.24, 2.45) is 0 Å². The second-order valence-corrected chi connectivity index (χ2v) is 5.59. The predicted molar refractivity (Wildman–Crippen MR) is 87.8 cm³/mol. The Morgan fingerprint density at radius 2 is 2.13 bits per heavy atom. The molecule has 1 atom stereocenters. The molecule has 23 heavy (non-hydrogen) atoms. The molecule has 3 rings (SSSR count). The van der Waals surface area contributed by atoms with Gasteiger partial charge in [-0.3, -0.25) is 4.79 Å². The molecule has 2 N–H and O–H groups in total. The molecule has 1 aromatic heterocycles. The number of carbonyl (C=O) groups is 1. The summed E-state index contributed by atoms with van der Waals surface area (Å²) in [6.45, 7) is 3.31. The van der Waals surface area contributed by atoms with Gasteiger partial charge in [-0.15, -0.1) is 10.2 Å². The smallest absolute Gasteiger partial charge is 0.271 e. The molecule has 6 heteroatoms. The van der Waals surface area contributed by atoms with E-state index in [0.29, 0.717) is 18.1 Å². The zero-order chi connectivity index (χ0) is 16.1. The molecule has 1 aliphatic heterocycles. The van der Waals surface area contributed by atoms with Crippen LogP contribution in [0.5, 0.6) is 0 Å². The first-order chi connectivity index (χ1) is 11.2. The number of para-hydroxylation sites is 1. The second-order valence-electron chi connectivity index (χ2n) is 5.59. The maximum Gasteiger partial charge on any atom is 0.271 e. The molecule has 1 fully saturated rings. The summed E-state index contributed by atoms with van der Waals surface area (Å²) in [5, 5.41) is 14.1. The maximum atomic E-state index is 12.0. The summed E-state index contributed by atoms with van der Waals surface area (Å²) in [7, 11) is 0. The Bertz CT molecular complexity index is 667. The van der Waals surface area contributed by atoms with E-state index in [0.717, 1.165) is 30.7 Å². The third-order valence-electron chi connectivity index (χ3n) is 3.82. The Kier molecular flexibility index (Phi) is 4.83. The van der Waals surface area contributed by atoms with Crippen LogP contribution in [0.15, 0.2) is 36.4 Å². The van der Waals surface area contributed by atoms with Crippen molar-refractivity contribution in [3.8, 4) is 0 Å². The van der Waals surface area contributed by atoms with E-state index < -0.39 is 0 Å². The Morgan fingerprint density at radius 3 is 2.83 bits per heavy atom. The molecule has 2 heterocycles. The number of hydrogen-bond donors (Lipinski definition) is 2. The quantitative estimate of drug-likeness (QED) is 0.887. The summed E-state index contributed by atoms with van der Waals surface area (Å²) >= 11 is 0. The number of nitrogens with zero attached hydrogens (tertiary/aromatic N) is 2. The summed E-state index contributed by atoms with van der Waals surface area (Å²) in [5.41, 5.74) is 2.39. The molecule has 6 nitrogen and oxygen atoms in total. The number of hydrogen-bond acceptors (Lipinski definition) is 5. The fourth-order valence-corrected chi connectivity index (χ4v) is 2.47. The Hall–Kier alpha value is -2.47. The number of amides is 1. The minimum atomic E-state index is -0.226. The van der Waals surface area contributed by atoms with Crippen LogP contribution in [0.25, 0.3) is 0 Å². The molecule has 1 aliphatic rings. The van der Waals surface area contributed by atoms with Crippen LogP contribution < -0.4 is 10.6 Å². The zero-order valence-electron chi connectivity index (χ0n) is 13.1. The molecule has 1 saturated heterocycles. The first-order valence-corrected chi connectivity index (χ1v) is 7.78. The van der Waals surface area contributed by atoms with E-state index >= 15 is 0 Å². The van der Waals surface area contributed by atoms with Crippen LogP contribution in [0.1, 0.15) is 28.9 Å². The number of benzene rings is 1. The van der Waals surface area contributed by atoms with Crippen molar-refractivity contribution in [3.63, 3.8) is 0 Å². The van der Waals surface area contributed by atoms with Crippen LogP contribution in [-0.4, -0.2) is 35.4 Å². The summed E-state index contributed by atoms with van der Waals surface area (Å²) in [6, 6.07) is 11.3. The van der Waals surface area contributed by atoms with Crippen LogP contribution >= 0.6 is 0 Å². The highest BCUT2D eigenvalue weighted by atomic mass is 16.5. The van der Waals surface area contributed by atoms with Gasteiger partial charge in [-0.2, -0.15) is 0 Å². The lowest BCUT2D eigenvalue weighted by Crippen LogP contribution is -2.32. The molecule has 120 valence electrons. The lowest BCUT2D eigenvalue weighted by atomic mass is 10.2. The summed E-state index contributed by atoms with van der Waals surface area (Å²) < 4.78 is 5.48. The van der Waals surface area contributed by atoms with Crippen molar-refractivity contribution < 1.29 is 9.53 Å². The van der Waals surface area contributed by atoms with Crippen LogP contribution in [0.2, 0.25) is 0 Å². The number of nitrogens with one attached hydrogen (secondary N) is 2. The third-order valence-corrected chi connectivity index (χ3v) is 3.82. The number of ether oxygens (including phenoxy) is 1. The number of rotatable bonds is 5. The van der Waals surface area contributed by atoms with Crippen LogP contribution in [0, 0.1) is 6.92 Å². The zero-order valence-corrected chi connectivity index (χ0v) is 13.1. The van der Waals surface area contributed by atoms with Gasteiger partial charge in [0.2, 0.25) is 0 Å². The fraction of sp³-hybridized carbons (Fsp3) is 0.353. The minimum Gasteiger partial charge on any atom is -0.376 e. The Balaban J connectivity index is 1.58. The Morgan fingerprint density at radius 1 is 1.26 bits per heavy atom. The molecule has 0 spiro atoms. The van der Waals surface area contributed by atoms with Crippen LogP contribution in [0.3, 0.4) is 0 Å². The van der Waals surface area contributed by atoms with Gasteiger partial charge in [0.1, 0.15) is 0 Å². The van der Waals surface area contributed by atoms with Gasteiger partial charge >= 0.3 is 0 Å². The van der Waals surface area contributed by atoms with E-state index in [1.54, 1.807) is 12.1 Å². The molecule has 1 aromatic carbocycles. The maximum absolute atomic E-state index is 12.0. The van der Waals surface area contributed by atoms with E-state index in [9.17, 15) is 4.79 Å². The van der Waals surface area contributed by atoms with Crippen LogP contribution in [0.4, 0.5) is 11.5 Å². The molecule has 1 unspecified atom stereocenters. The molecular formula is C17H20N4O2. The molecule has 0 saturated carbocycles. The average Bonchev–Trinajstić information content (AvgIpc) is 3.09. The molecular weight excluding hydrogens is 292 g/mol. The van der Waals surface area contributed by atoms with Gasteiger partial charge in [0, 0.05) is 18.8 Å². The van der Waals surface area contributed by atoms with Gasteiger partial charge in [-0.25, -0.2) is 0 Å². The van der Waals surface area contributed by atoms with Crippen molar-refractivity contribution in [3.05, 3.63) is 47.7 Å². The monoisotopic (exact) mass is 312 g/mol. The minimum absolute atomic E-state index is 0.119. The molecule has 0 aliphatic carbocycles. The average molecular weight is 312 g/mol. The summed E-state index contributed by atoms with van der Waals surface area (Å²) in [5.74, 6) is 0.380. The van der Waals surface area contributed by atoms with Crippen molar-refractivity contribution in [1.82, 2.24) is 15.5 Å². The van der Waals surface area contributed by atoms with E-state index in [-0.39, 0.29) is 12.0 Å². The first-order valence-electron chi connectivity index (χ1n) is 7.78. The van der Waals surface area contributed by atoms with Gasteiger partial charge in [-0.1, -0.05) is 18.2 Å². The number of carbonyl (C=O) groups excluding carboxylic acids is 1. The molecule has 1 amide bonds. The van der Waals surface area contributed by atoms with E-state index in [2.05, 4.69) is 20.8 Å². The lowest BCUT2D eigenvalue weighted by Gasteiger charge is -2.11. The van der Waals surface area contributed by atoms with E-state index in [1.807, 2.05) is 31.2 Å². The standard InChI is InChI=1S/C17H20N4O2/c1-12-5-2-3-7-14(12)19-16-9-8-15(20-21-16)17(22)18-11-13-6-4-10-23-13/h2-3,5,7-9,13H,4,6,10-11H2,1H3,(H,18,22)(H,19,21). The summed E-state index contributed by atoms with van der Waals surface area (Å²) in [6.07, 6.45) is 2.17. The Labute approximate surface area is 135 Å². The van der Waals surface area contributed by atoms with Gasteiger partial charge < -0.3 is 15.4 Å². The molecule has 0 radical (unpaired) electrons. The SMILES string of the molecule is Cc1ccccc1Nc1ccc(C(=O)NCC2CCCO2)nn1. The van der Waals surface area contributed by atoms with Crippen molar-refractivity contribution >= 4 is 17.4 Å². The van der Waals surface area contributed by atoms with Gasteiger partial charge in [-0.05, 0) is 43.5 Å². The first kappa shape index (κ1) is 15.4. The van der Waals surface area contributed by atoms with E-state index in [4.69, 9.17) is 4.74 Å². The predicted octanol–water partition coefficient (Wildman–Crippen LogP) is 2.44. The largest absolute Gasteiger partial charge is 0.376 e.